The number of halogens is 1. The Labute approximate surface area is 107 Å². The zero-order valence-electron chi connectivity index (χ0n) is 10.3. The molecule has 0 unspecified atom stereocenters. The normalized spacial score (nSPS) is 10.6. The summed E-state index contributed by atoms with van der Waals surface area (Å²) in [5.74, 6) is 0.722. The molecule has 0 fully saturated rings. The zero-order chi connectivity index (χ0) is 12.4. The highest BCUT2D eigenvalue weighted by Crippen LogP contribution is 2.20. The fourth-order valence-electron chi connectivity index (χ4n) is 1.80. The van der Waals surface area contributed by atoms with Gasteiger partial charge in [0.25, 0.3) is 0 Å². The van der Waals surface area contributed by atoms with Gasteiger partial charge in [0.15, 0.2) is 0 Å². The quantitative estimate of drug-likeness (QED) is 0.756. The Bertz CT molecular complexity index is 509. The van der Waals surface area contributed by atoms with E-state index in [0.717, 1.165) is 23.5 Å². The number of nitrogens with zero attached hydrogens (tertiary/aromatic N) is 2. The summed E-state index contributed by atoms with van der Waals surface area (Å²) in [6.07, 6.45) is 0.783. The Morgan fingerprint density at radius 3 is 2.24 bits per heavy atom. The summed E-state index contributed by atoms with van der Waals surface area (Å²) in [7, 11) is 0. The summed E-state index contributed by atoms with van der Waals surface area (Å²) in [5.41, 5.74) is 4.47. The molecule has 0 aliphatic carbocycles. The third-order valence-electron chi connectivity index (χ3n) is 2.78. The van der Waals surface area contributed by atoms with Crippen molar-refractivity contribution in [3.8, 4) is 0 Å². The van der Waals surface area contributed by atoms with E-state index in [9.17, 15) is 0 Å². The first kappa shape index (κ1) is 12.1. The fraction of sp³-hybridized carbons (Fsp3) is 0.286. The maximum atomic E-state index is 6.16. The van der Waals surface area contributed by atoms with Crippen LogP contribution in [-0.4, -0.2) is 9.97 Å². The van der Waals surface area contributed by atoms with Crippen molar-refractivity contribution in [2.24, 2.45) is 0 Å². The standard InChI is InChI=1S/C14H15ClN2/c1-9-4-6-12(7-5-9)8-13-10(2)16-11(3)17-14(13)15/h4-7H,8H2,1-3H3. The molecule has 0 bridgehead atoms. The molecule has 0 amide bonds. The van der Waals surface area contributed by atoms with Crippen molar-refractivity contribution in [3.05, 3.63) is 57.6 Å². The number of hydrogen-bond acceptors (Lipinski definition) is 2. The first-order valence-corrected chi connectivity index (χ1v) is 5.99. The van der Waals surface area contributed by atoms with Gasteiger partial charge in [0.2, 0.25) is 0 Å². The van der Waals surface area contributed by atoms with E-state index in [1.807, 2.05) is 13.8 Å². The van der Waals surface area contributed by atoms with Crippen LogP contribution < -0.4 is 0 Å². The molecule has 17 heavy (non-hydrogen) atoms. The van der Waals surface area contributed by atoms with Crippen LogP contribution in [0.4, 0.5) is 0 Å². The predicted molar refractivity (Wildman–Crippen MR) is 70.5 cm³/mol. The number of aryl methyl sites for hydroxylation is 3. The molecule has 2 rings (SSSR count). The van der Waals surface area contributed by atoms with Crippen LogP contribution in [0.1, 0.15) is 28.2 Å². The van der Waals surface area contributed by atoms with Crippen LogP contribution in [0.15, 0.2) is 24.3 Å². The molecule has 0 aliphatic rings. The molecule has 3 heteroatoms. The van der Waals surface area contributed by atoms with Crippen molar-refractivity contribution in [1.29, 1.82) is 0 Å². The third kappa shape index (κ3) is 2.83. The van der Waals surface area contributed by atoms with Crippen molar-refractivity contribution in [1.82, 2.24) is 9.97 Å². The summed E-state index contributed by atoms with van der Waals surface area (Å²) in [6.45, 7) is 5.91. The highest BCUT2D eigenvalue weighted by Gasteiger charge is 2.08. The minimum absolute atomic E-state index is 0.565. The van der Waals surface area contributed by atoms with Gasteiger partial charge in [-0.3, -0.25) is 0 Å². The Hall–Kier alpha value is -1.41. The average Bonchev–Trinajstić information content (AvgIpc) is 2.26. The molecule has 0 N–H and O–H groups in total. The second-order valence-electron chi connectivity index (χ2n) is 4.29. The lowest BCUT2D eigenvalue weighted by Crippen LogP contribution is -2.01. The van der Waals surface area contributed by atoms with E-state index >= 15 is 0 Å². The second-order valence-corrected chi connectivity index (χ2v) is 4.65. The molecule has 0 radical (unpaired) electrons. The Morgan fingerprint density at radius 1 is 1.00 bits per heavy atom. The van der Waals surface area contributed by atoms with Crippen molar-refractivity contribution < 1.29 is 0 Å². The minimum Gasteiger partial charge on any atom is -0.238 e. The van der Waals surface area contributed by atoms with Gasteiger partial charge in [-0.15, -0.1) is 0 Å². The Morgan fingerprint density at radius 2 is 1.65 bits per heavy atom. The molecule has 0 saturated heterocycles. The topological polar surface area (TPSA) is 25.8 Å². The summed E-state index contributed by atoms with van der Waals surface area (Å²) in [6, 6.07) is 8.44. The van der Waals surface area contributed by atoms with Crippen molar-refractivity contribution in [2.45, 2.75) is 27.2 Å². The minimum atomic E-state index is 0.565. The molecule has 0 aliphatic heterocycles. The van der Waals surface area contributed by atoms with Gasteiger partial charge < -0.3 is 0 Å². The van der Waals surface area contributed by atoms with Crippen molar-refractivity contribution in [2.75, 3.05) is 0 Å². The number of aromatic nitrogens is 2. The van der Waals surface area contributed by atoms with E-state index in [-0.39, 0.29) is 0 Å². The molecule has 1 aromatic heterocycles. The molecular weight excluding hydrogens is 232 g/mol. The average molecular weight is 247 g/mol. The van der Waals surface area contributed by atoms with Gasteiger partial charge in [0.1, 0.15) is 11.0 Å². The van der Waals surface area contributed by atoms with Gasteiger partial charge in [-0.1, -0.05) is 41.4 Å². The fourth-order valence-corrected chi connectivity index (χ4v) is 2.13. The third-order valence-corrected chi connectivity index (χ3v) is 3.09. The zero-order valence-corrected chi connectivity index (χ0v) is 11.0. The summed E-state index contributed by atoms with van der Waals surface area (Å²) in [4.78, 5) is 8.55. The Kier molecular flexibility index (Phi) is 3.43. The lowest BCUT2D eigenvalue weighted by atomic mass is 10.0. The van der Waals surface area contributed by atoms with Gasteiger partial charge in [-0.25, -0.2) is 9.97 Å². The second kappa shape index (κ2) is 4.84. The van der Waals surface area contributed by atoms with Gasteiger partial charge in [0, 0.05) is 17.7 Å². The SMILES string of the molecule is Cc1ccc(Cc2c(C)nc(C)nc2Cl)cc1. The monoisotopic (exact) mass is 246 g/mol. The van der Waals surface area contributed by atoms with Gasteiger partial charge >= 0.3 is 0 Å². The van der Waals surface area contributed by atoms with Gasteiger partial charge in [-0.05, 0) is 26.3 Å². The van der Waals surface area contributed by atoms with E-state index in [1.54, 1.807) is 0 Å². The van der Waals surface area contributed by atoms with Crippen molar-refractivity contribution in [3.63, 3.8) is 0 Å². The molecule has 88 valence electrons. The van der Waals surface area contributed by atoms with Gasteiger partial charge in [-0.2, -0.15) is 0 Å². The Balaban J connectivity index is 2.33. The van der Waals surface area contributed by atoms with Crippen LogP contribution >= 0.6 is 11.6 Å². The molecular formula is C14H15ClN2. The van der Waals surface area contributed by atoms with Crippen LogP contribution in [-0.2, 0) is 6.42 Å². The first-order chi connectivity index (χ1) is 8.06. The lowest BCUT2D eigenvalue weighted by Gasteiger charge is -2.08. The van der Waals surface area contributed by atoms with Crippen LogP contribution in [0.3, 0.4) is 0 Å². The van der Waals surface area contributed by atoms with E-state index in [2.05, 4.69) is 41.2 Å². The molecule has 0 spiro atoms. The predicted octanol–water partition coefficient (Wildman–Crippen LogP) is 3.65. The number of rotatable bonds is 2. The van der Waals surface area contributed by atoms with E-state index < -0.39 is 0 Å². The highest BCUT2D eigenvalue weighted by atomic mass is 35.5. The summed E-state index contributed by atoms with van der Waals surface area (Å²) in [5, 5.41) is 0.565. The molecule has 2 aromatic rings. The van der Waals surface area contributed by atoms with Crippen molar-refractivity contribution >= 4 is 11.6 Å². The first-order valence-electron chi connectivity index (χ1n) is 5.61. The van der Waals surface area contributed by atoms with Gasteiger partial charge in [0.05, 0.1) is 0 Å². The summed E-state index contributed by atoms with van der Waals surface area (Å²) < 4.78 is 0. The maximum Gasteiger partial charge on any atom is 0.136 e. The van der Waals surface area contributed by atoms with E-state index in [1.165, 1.54) is 11.1 Å². The molecule has 0 saturated carbocycles. The lowest BCUT2D eigenvalue weighted by molar-refractivity contribution is 0.960. The largest absolute Gasteiger partial charge is 0.238 e. The van der Waals surface area contributed by atoms with E-state index in [0.29, 0.717) is 5.15 Å². The number of hydrogen-bond donors (Lipinski definition) is 0. The maximum absolute atomic E-state index is 6.16. The van der Waals surface area contributed by atoms with Crippen LogP contribution in [0, 0.1) is 20.8 Å². The smallest absolute Gasteiger partial charge is 0.136 e. The van der Waals surface area contributed by atoms with E-state index in [4.69, 9.17) is 11.6 Å². The van der Waals surface area contributed by atoms with Crippen LogP contribution in [0.25, 0.3) is 0 Å². The van der Waals surface area contributed by atoms with Crippen LogP contribution in [0.2, 0.25) is 5.15 Å². The summed E-state index contributed by atoms with van der Waals surface area (Å²) >= 11 is 6.16. The molecule has 1 aromatic carbocycles. The highest BCUT2D eigenvalue weighted by molar-refractivity contribution is 6.30. The molecule has 1 heterocycles. The number of benzene rings is 1. The van der Waals surface area contributed by atoms with Crippen LogP contribution in [0.5, 0.6) is 0 Å². The molecule has 0 atom stereocenters. The molecule has 2 nitrogen and oxygen atoms in total.